The van der Waals surface area contributed by atoms with Crippen molar-refractivity contribution in [1.82, 2.24) is 4.68 Å². The summed E-state index contributed by atoms with van der Waals surface area (Å²) in [6.07, 6.45) is 16.3. The van der Waals surface area contributed by atoms with Crippen molar-refractivity contribution < 1.29 is 21.8 Å². The normalized spacial score (nSPS) is 11.2. The molecule has 6 nitrogen and oxygen atoms in total. The van der Waals surface area contributed by atoms with E-state index in [4.69, 9.17) is 0 Å². The molecule has 0 spiro atoms. The van der Waals surface area contributed by atoms with E-state index in [1.54, 1.807) is 0 Å². The van der Waals surface area contributed by atoms with Crippen molar-refractivity contribution in [3.05, 3.63) is 18.0 Å². The summed E-state index contributed by atoms with van der Waals surface area (Å²) in [5.41, 5.74) is 1.34. The van der Waals surface area contributed by atoms with Crippen LogP contribution in [0, 0.1) is 6.92 Å². The van der Waals surface area contributed by atoms with E-state index >= 15 is 0 Å². The van der Waals surface area contributed by atoms with Crippen molar-refractivity contribution >= 4 is 10.4 Å². The van der Waals surface area contributed by atoms with Gasteiger partial charge in [0.2, 0.25) is 10.4 Å². The van der Waals surface area contributed by atoms with Crippen molar-refractivity contribution in [3.63, 3.8) is 0 Å². The molecule has 0 aliphatic heterocycles. The van der Waals surface area contributed by atoms with Gasteiger partial charge in [-0.3, -0.25) is 4.18 Å². The van der Waals surface area contributed by atoms with Crippen LogP contribution < -0.4 is 4.68 Å². The first-order valence-electron chi connectivity index (χ1n) is 9.35. The molecule has 0 atom stereocenters. The average Bonchev–Trinajstić information content (AvgIpc) is 2.88. The minimum Gasteiger partial charge on any atom is -0.726 e. The molecule has 1 aromatic heterocycles. The summed E-state index contributed by atoms with van der Waals surface area (Å²) in [6.45, 7) is 5.61. The molecule has 7 heteroatoms. The first-order valence-corrected chi connectivity index (χ1v) is 10.7. The van der Waals surface area contributed by atoms with Gasteiger partial charge in [0.15, 0.2) is 12.7 Å². The lowest BCUT2D eigenvalue weighted by Crippen LogP contribution is -2.41. The predicted molar refractivity (Wildman–Crippen MR) is 98.9 cm³/mol. The van der Waals surface area contributed by atoms with E-state index < -0.39 is 10.4 Å². The van der Waals surface area contributed by atoms with Crippen molar-refractivity contribution in [1.29, 1.82) is 0 Å². The number of hydrogen-bond acceptors (Lipinski definition) is 4. The summed E-state index contributed by atoms with van der Waals surface area (Å²) in [7, 11) is -1.46. The summed E-state index contributed by atoms with van der Waals surface area (Å²) < 4.78 is 35.6. The van der Waals surface area contributed by atoms with Gasteiger partial charge in [-0.05, 0) is 13.3 Å². The molecule has 0 saturated carbocycles. The summed E-state index contributed by atoms with van der Waals surface area (Å²) in [6, 6.07) is 2.19. The maximum atomic E-state index is 9.22. The molecule has 0 radical (unpaired) electrons. The summed E-state index contributed by atoms with van der Waals surface area (Å²) >= 11 is 0. The van der Waals surface area contributed by atoms with E-state index in [2.05, 4.69) is 46.7 Å². The highest BCUT2D eigenvalue weighted by atomic mass is 32.3. The van der Waals surface area contributed by atoms with Gasteiger partial charge < -0.3 is 4.55 Å². The minimum absolute atomic E-state index is 0.808. The first-order chi connectivity index (χ1) is 11.8. The largest absolute Gasteiger partial charge is 0.726 e. The van der Waals surface area contributed by atoms with Gasteiger partial charge in [-0.25, -0.2) is 8.42 Å². The Balaban J connectivity index is 0.000000823. The molecule has 1 aromatic rings. The lowest BCUT2D eigenvalue weighted by atomic mass is 10.1. The highest BCUT2D eigenvalue weighted by Gasteiger charge is 2.06. The molecular formula is C18H36N2O4S. The second-order valence-corrected chi connectivity index (χ2v) is 7.55. The Morgan fingerprint density at radius 2 is 1.48 bits per heavy atom. The van der Waals surface area contributed by atoms with Gasteiger partial charge in [0.05, 0.1) is 19.9 Å². The van der Waals surface area contributed by atoms with Crippen molar-refractivity contribution in [2.24, 2.45) is 7.05 Å². The van der Waals surface area contributed by atoms with E-state index in [1.807, 2.05) is 0 Å². The van der Waals surface area contributed by atoms with Crippen LogP contribution in [0.5, 0.6) is 0 Å². The zero-order valence-electron chi connectivity index (χ0n) is 16.4. The topological polar surface area (TPSA) is 75.2 Å². The van der Waals surface area contributed by atoms with Gasteiger partial charge in [0, 0.05) is 12.5 Å². The molecule has 0 bridgehead atoms. The van der Waals surface area contributed by atoms with Gasteiger partial charge in [0.1, 0.15) is 0 Å². The molecule has 148 valence electrons. The van der Waals surface area contributed by atoms with E-state index in [1.165, 1.54) is 76.4 Å². The van der Waals surface area contributed by atoms with Gasteiger partial charge in [-0.2, -0.15) is 4.68 Å². The molecule has 0 amide bonds. The fraction of sp³-hybridized carbons (Fsp3) is 0.833. The van der Waals surface area contributed by atoms with E-state index in [-0.39, 0.29) is 0 Å². The zero-order valence-corrected chi connectivity index (χ0v) is 17.2. The fourth-order valence-corrected chi connectivity index (χ4v) is 2.59. The summed E-state index contributed by atoms with van der Waals surface area (Å²) in [5.74, 6) is 0. The lowest BCUT2D eigenvalue weighted by Gasteiger charge is -2.01. The highest BCUT2D eigenvalue weighted by Crippen LogP contribution is 2.10. The van der Waals surface area contributed by atoms with Crippen LogP contribution >= 0.6 is 0 Å². The third-order valence-corrected chi connectivity index (χ3v) is 4.74. The first kappa shape index (κ1) is 24.1. The SMILES string of the molecule is CCCCCCCCCCCC[n+]1ccc(C)n1C.COS(=O)(=O)[O-]. The second-order valence-electron chi connectivity index (χ2n) is 6.40. The van der Waals surface area contributed by atoms with Crippen molar-refractivity contribution in [2.45, 2.75) is 84.6 Å². The Hall–Kier alpha value is -0.920. The molecule has 1 heterocycles. The minimum atomic E-state index is -4.41. The number of unbranched alkanes of at least 4 members (excludes halogenated alkanes) is 9. The quantitative estimate of drug-likeness (QED) is 0.242. The highest BCUT2D eigenvalue weighted by molar-refractivity contribution is 7.80. The smallest absolute Gasteiger partial charge is 0.217 e. The van der Waals surface area contributed by atoms with Crippen molar-refractivity contribution in [2.75, 3.05) is 7.11 Å². The predicted octanol–water partition coefficient (Wildman–Crippen LogP) is 3.63. The van der Waals surface area contributed by atoms with Crippen molar-refractivity contribution in [3.8, 4) is 0 Å². The maximum Gasteiger partial charge on any atom is 0.217 e. The Morgan fingerprint density at radius 3 is 1.84 bits per heavy atom. The molecule has 0 fully saturated rings. The van der Waals surface area contributed by atoms with Crippen LogP contribution in [0.2, 0.25) is 0 Å². The van der Waals surface area contributed by atoms with Crippen LogP contribution in [0.15, 0.2) is 12.3 Å². The van der Waals surface area contributed by atoms with Crippen LogP contribution in [0.3, 0.4) is 0 Å². The molecule has 1 rings (SSSR count). The maximum absolute atomic E-state index is 9.22. The molecule has 25 heavy (non-hydrogen) atoms. The number of aromatic nitrogens is 2. The Kier molecular flexibility index (Phi) is 13.7. The summed E-state index contributed by atoms with van der Waals surface area (Å²) in [5, 5.41) is 0. The number of hydrogen-bond donors (Lipinski definition) is 0. The molecule has 0 aliphatic rings. The Morgan fingerprint density at radius 1 is 1.04 bits per heavy atom. The Bertz CT molecular complexity index is 541. The molecule has 0 saturated heterocycles. The van der Waals surface area contributed by atoms with E-state index in [0.29, 0.717) is 0 Å². The third kappa shape index (κ3) is 14.0. The van der Waals surface area contributed by atoms with Crippen LogP contribution in [0.4, 0.5) is 0 Å². The van der Waals surface area contributed by atoms with Crippen LogP contribution in [-0.4, -0.2) is 24.8 Å². The van der Waals surface area contributed by atoms with Gasteiger partial charge in [-0.15, -0.1) is 4.68 Å². The number of aryl methyl sites for hydroxylation is 2. The number of nitrogens with zero attached hydrogens (tertiary/aromatic N) is 2. The monoisotopic (exact) mass is 376 g/mol. The second kappa shape index (κ2) is 14.3. The summed E-state index contributed by atoms with van der Waals surface area (Å²) in [4.78, 5) is 0. The lowest BCUT2D eigenvalue weighted by molar-refractivity contribution is -0.774. The van der Waals surface area contributed by atoms with Crippen LogP contribution in [0.25, 0.3) is 0 Å². The van der Waals surface area contributed by atoms with Gasteiger partial charge in [-0.1, -0.05) is 58.3 Å². The Labute approximate surface area is 154 Å². The molecule has 0 N–H and O–H groups in total. The number of rotatable bonds is 12. The van der Waals surface area contributed by atoms with E-state index in [9.17, 15) is 13.0 Å². The fourth-order valence-electron chi connectivity index (χ4n) is 2.59. The zero-order chi connectivity index (χ0) is 19.1. The third-order valence-electron chi connectivity index (χ3n) is 4.33. The molecule has 0 aliphatic carbocycles. The molecular weight excluding hydrogens is 340 g/mol. The van der Waals surface area contributed by atoms with Crippen LogP contribution in [0.1, 0.15) is 76.8 Å². The van der Waals surface area contributed by atoms with Gasteiger partial charge >= 0.3 is 0 Å². The van der Waals surface area contributed by atoms with E-state index in [0.717, 1.165) is 7.11 Å². The average molecular weight is 377 g/mol. The van der Waals surface area contributed by atoms with Crippen LogP contribution in [-0.2, 0) is 28.2 Å². The van der Waals surface area contributed by atoms with Gasteiger partial charge in [0.25, 0.3) is 0 Å². The molecule has 0 aromatic carbocycles. The molecule has 0 unspecified atom stereocenters. The standard InChI is InChI=1S/C17H33N2.CH4O4S/c1-4-5-6-7-8-9-10-11-12-13-15-19-16-14-17(2)18(19)3;1-5-6(2,3)4/h14,16H,4-13,15H2,1-3H3;1H3,(H,2,3,4)/q+1;/p-1.